The maximum absolute atomic E-state index is 5.98. The van der Waals surface area contributed by atoms with Gasteiger partial charge in [0.1, 0.15) is 0 Å². The van der Waals surface area contributed by atoms with Crippen molar-refractivity contribution in [3.05, 3.63) is 64.5 Å². The summed E-state index contributed by atoms with van der Waals surface area (Å²) in [6, 6.07) is 10.7. The molecule has 0 saturated heterocycles. The van der Waals surface area contributed by atoms with Gasteiger partial charge in [-0.1, -0.05) is 24.3 Å². The third-order valence-electron chi connectivity index (χ3n) is 4.76. The first-order valence-corrected chi connectivity index (χ1v) is 7.66. The number of aryl methyl sites for hydroxylation is 1. The molecule has 1 atom stereocenters. The van der Waals surface area contributed by atoms with Crippen LogP contribution in [0, 0.1) is 0 Å². The third-order valence-corrected chi connectivity index (χ3v) is 4.76. The topological polar surface area (TPSA) is 64.9 Å². The summed E-state index contributed by atoms with van der Waals surface area (Å²) in [6.45, 7) is 3.41. The monoisotopic (exact) mass is 361 g/mol. The summed E-state index contributed by atoms with van der Waals surface area (Å²) in [6.07, 6.45) is 5.31. The largest absolute Gasteiger partial charge is 0.326 e. The van der Waals surface area contributed by atoms with E-state index in [9.17, 15) is 0 Å². The lowest BCUT2D eigenvalue weighted by Gasteiger charge is -2.37. The van der Waals surface area contributed by atoms with Gasteiger partial charge < -0.3 is 11.5 Å². The number of fused-ring (bicyclic) bond motifs is 1. The van der Waals surface area contributed by atoms with Gasteiger partial charge in [-0.2, -0.15) is 0 Å². The molecule has 118 valence electrons. The van der Waals surface area contributed by atoms with Crippen molar-refractivity contribution in [3.63, 3.8) is 0 Å². The Balaban J connectivity index is 0.00000176. The maximum Gasteiger partial charge on any atom is 0.0538 e. The first-order chi connectivity index (χ1) is 10.2. The zero-order valence-corrected chi connectivity index (χ0v) is 14.7. The van der Waals surface area contributed by atoms with Crippen LogP contribution in [0.1, 0.15) is 47.7 Å². The van der Waals surface area contributed by atoms with E-state index in [4.69, 9.17) is 16.5 Å². The van der Waals surface area contributed by atoms with Gasteiger partial charge in [-0.25, -0.2) is 0 Å². The first kappa shape index (κ1) is 17.1. The molecule has 0 aliphatic heterocycles. The molecular formula is C18H24BrN3. The van der Waals surface area contributed by atoms with E-state index in [0.29, 0.717) is 13.1 Å². The quantitative estimate of drug-likeness (QED) is 0.881. The summed E-state index contributed by atoms with van der Waals surface area (Å²) < 4.78 is 0. The van der Waals surface area contributed by atoms with Crippen molar-refractivity contribution in [2.45, 2.75) is 44.7 Å². The SMILES string of the molecule is Br.CC1(c2cc(CN)ccc2CN)CCCc2cccnc21. The van der Waals surface area contributed by atoms with Gasteiger partial charge in [-0.05, 0) is 54.5 Å². The smallest absolute Gasteiger partial charge is 0.0538 e. The Morgan fingerprint density at radius 3 is 2.73 bits per heavy atom. The summed E-state index contributed by atoms with van der Waals surface area (Å²) in [5.41, 5.74) is 18.0. The minimum atomic E-state index is -0.0608. The van der Waals surface area contributed by atoms with Crippen LogP contribution in [0.15, 0.2) is 36.5 Å². The van der Waals surface area contributed by atoms with Crippen molar-refractivity contribution < 1.29 is 0 Å². The van der Waals surface area contributed by atoms with Gasteiger partial charge in [0.25, 0.3) is 0 Å². The van der Waals surface area contributed by atoms with Crippen LogP contribution in [-0.2, 0) is 24.9 Å². The molecule has 1 heterocycles. The Morgan fingerprint density at radius 2 is 2.00 bits per heavy atom. The molecule has 1 aromatic carbocycles. The normalized spacial score (nSPS) is 20.1. The fourth-order valence-corrected chi connectivity index (χ4v) is 3.59. The van der Waals surface area contributed by atoms with Crippen LogP contribution >= 0.6 is 17.0 Å². The maximum atomic E-state index is 5.98. The molecule has 1 aliphatic rings. The van der Waals surface area contributed by atoms with Gasteiger partial charge in [-0.15, -0.1) is 17.0 Å². The molecule has 0 bridgehead atoms. The highest BCUT2D eigenvalue weighted by Gasteiger charge is 2.36. The molecule has 4 heteroatoms. The van der Waals surface area contributed by atoms with Crippen molar-refractivity contribution in [1.29, 1.82) is 0 Å². The zero-order valence-electron chi connectivity index (χ0n) is 13.0. The molecule has 1 aliphatic carbocycles. The number of benzene rings is 1. The lowest BCUT2D eigenvalue weighted by Crippen LogP contribution is -2.32. The highest BCUT2D eigenvalue weighted by Crippen LogP contribution is 2.42. The Morgan fingerprint density at radius 1 is 1.18 bits per heavy atom. The van der Waals surface area contributed by atoms with Crippen LogP contribution in [0.4, 0.5) is 0 Å². The predicted molar refractivity (Wildman–Crippen MR) is 96.2 cm³/mol. The Labute approximate surface area is 142 Å². The molecule has 0 radical (unpaired) electrons. The van der Waals surface area contributed by atoms with Gasteiger partial charge in [0.15, 0.2) is 0 Å². The lowest BCUT2D eigenvalue weighted by atomic mass is 9.68. The van der Waals surface area contributed by atoms with E-state index in [1.165, 1.54) is 28.8 Å². The number of hydrogen-bond acceptors (Lipinski definition) is 3. The van der Waals surface area contributed by atoms with Gasteiger partial charge >= 0.3 is 0 Å². The van der Waals surface area contributed by atoms with E-state index in [0.717, 1.165) is 18.4 Å². The first-order valence-electron chi connectivity index (χ1n) is 7.66. The van der Waals surface area contributed by atoms with Gasteiger partial charge in [0, 0.05) is 24.7 Å². The summed E-state index contributed by atoms with van der Waals surface area (Å²) in [5, 5.41) is 0. The molecule has 0 amide bonds. The van der Waals surface area contributed by atoms with Gasteiger partial charge in [-0.3, -0.25) is 4.98 Å². The number of hydrogen-bond donors (Lipinski definition) is 2. The number of nitrogens with zero attached hydrogens (tertiary/aromatic N) is 1. The molecule has 22 heavy (non-hydrogen) atoms. The molecule has 4 N–H and O–H groups in total. The second kappa shape index (κ2) is 6.90. The van der Waals surface area contributed by atoms with E-state index in [1.807, 2.05) is 12.3 Å². The molecule has 1 aromatic heterocycles. The Hall–Kier alpha value is -1.23. The van der Waals surface area contributed by atoms with Crippen LogP contribution in [0.5, 0.6) is 0 Å². The molecule has 3 rings (SSSR count). The molecular weight excluding hydrogens is 338 g/mol. The summed E-state index contributed by atoms with van der Waals surface area (Å²) in [4.78, 5) is 4.71. The van der Waals surface area contributed by atoms with Crippen LogP contribution in [0.3, 0.4) is 0 Å². The van der Waals surface area contributed by atoms with E-state index in [2.05, 4.69) is 31.2 Å². The van der Waals surface area contributed by atoms with Crippen molar-refractivity contribution >= 4 is 17.0 Å². The summed E-state index contributed by atoms with van der Waals surface area (Å²) >= 11 is 0. The molecule has 3 nitrogen and oxygen atoms in total. The van der Waals surface area contributed by atoms with Crippen molar-refractivity contribution in [1.82, 2.24) is 4.98 Å². The second-order valence-corrected chi connectivity index (χ2v) is 6.10. The van der Waals surface area contributed by atoms with Crippen molar-refractivity contribution in [2.75, 3.05) is 0 Å². The van der Waals surface area contributed by atoms with Crippen molar-refractivity contribution in [3.8, 4) is 0 Å². The summed E-state index contributed by atoms with van der Waals surface area (Å²) in [7, 11) is 0. The summed E-state index contributed by atoms with van der Waals surface area (Å²) in [5.74, 6) is 0. The van der Waals surface area contributed by atoms with Crippen LogP contribution < -0.4 is 11.5 Å². The van der Waals surface area contributed by atoms with E-state index in [-0.39, 0.29) is 22.4 Å². The van der Waals surface area contributed by atoms with Crippen molar-refractivity contribution in [2.24, 2.45) is 11.5 Å². The van der Waals surface area contributed by atoms with Crippen LogP contribution in [-0.4, -0.2) is 4.98 Å². The zero-order chi connectivity index (χ0) is 14.9. The minimum Gasteiger partial charge on any atom is -0.326 e. The molecule has 0 saturated carbocycles. The van der Waals surface area contributed by atoms with E-state index in [1.54, 1.807) is 0 Å². The highest BCUT2D eigenvalue weighted by molar-refractivity contribution is 8.93. The molecule has 1 unspecified atom stereocenters. The minimum absolute atomic E-state index is 0. The Kier molecular flexibility index (Phi) is 5.37. The average Bonchev–Trinajstić information content (AvgIpc) is 2.54. The van der Waals surface area contributed by atoms with E-state index < -0.39 is 0 Å². The standard InChI is InChI=1S/C18H23N3.BrH/c1-18(8-2-4-14-5-3-9-21-17(14)18)16-10-13(11-19)6-7-15(16)12-20;/h3,5-7,9-10H,2,4,8,11-12,19-20H2,1H3;1H. The number of nitrogens with two attached hydrogens (primary N) is 2. The van der Waals surface area contributed by atoms with Gasteiger partial charge in [0.2, 0.25) is 0 Å². The fourth-order valence-electron chi connectivity index (χ4n) is 3.59. The number of aromatic nitrogens is 1. The number of pyridine rings is 1. The molecule has 0 fully saturated rings. The fraction of sp³-hybridized carbons (Fsp3) is 0.389. The highest BCUT2D eigenvalue weighted by atomic mass is 79.9. The van der Waals surface area contributed by atoms with Gasteiger partial charge in [0.05, 0.1) is 5.69 Å². The molecule has 2 aromatic rings. The Bertz CT molecular complexity index is 657. The van der Waals surface area contributed by atoms with Crippen LogP contribution in [0.25, 0.3) is 0 Å². The molecule has 0 spiro atoms. The lowest BCUT2D eigenvalue weighted by molar-refractivity contribution is 0.447. The average molecular weight is 362 g/mol. The second-order valence-electron chi connectivity index (χ2n) is 6.10. The third kappa shape index (κ3) is 2.83. The number of rotatable bonds is 3. The van der Waals surface area contributed by atoms with E-state index >= 15 is 0 Å². The van der Waals surface area contributed by atoms with Crippen LogP contribution in [0.2, 0.25) is 0 Å². The predicted octanol–water partition coefficient (Wildman–Crippen LogP) is 3.22. The number of halogens is 1.